The van der Waals surface area contributed by atoms with Crippen molar-refractivity contribution < 1.29 is 22.1 Å². The normalized spacial score (nSPS) is 17.3. The maximum absolute atomic E-state index is 13.7. The summed E-state index contributed by atoms with van der Waals surface area (Å²) in [7, 11) is 0. The van der Waals surface area contributed by atoms with E-state index in [1.807, 2.05) is 0 Å². The van der Waals surface area contributed by atoms with Crippen LogP contribution in [0.15, 0.2) is 12.3 Å². The third kappa shape index (κ3) is 2.51. The van der Waals surface area contributed by atoms with Crippen molar-refractivity contribution in [2.24, 2.45) is 0 Å². The number of halogens is 4. The Labute approximate surface area is 95.4 Å². The highest BCUT2D eigenvalue weighted by Crippen LogP contribution is 2.19. The van der Waals surface area contributed by atoms with E-state index in [1.165, 1.54) is 4.90 Å². The van der Waals surface area contributed by atoms with Crippen molar-refractivity contribution in [3.05, 3.63) is 18.1 Å². The quantitative estimate of drug-likeness (QED) is 0.580. The number of morpholine rings is 1. The van der Waals surface area contributed by atoms with Gasteiger partial charge in [0.25, 0.3) is 0 Å². The monoisotopic (exact) mass is 249 g/mol. The van der Waals surface area contributed by atoms with Gasteiger partial charge in [-0.2, -0.15) is 0 Å². The Balaban J connectivity index is 2.35. The van der Waals surface area contributed by atoms with Crippen LogP contribution in [0.25, 0.3) is 0 Å². The van der Waals surface area contributed by atoms with Crippen LogP contribution in [0.2, 0.25) is 0 Å². The Bertz CT molecular complexity index is 406. The number of anilines is 1. The van der Waals surface area contributed by atoms with Crippen molar-refractivity contribution in [1.29, 1.82) is 0 Å². The molecule has 0 bridgehead atoms. The van der Waals surface area contributed by atoms with E-state index in [-0.39, 0.29) is 5.82 Å². The third-order valence-electron chi connectivity index (χ3n) is 2.56. The highest BCUT2D eigenvalue weighted by Gasteiger charge is 2.31. The SMILES string of the molecule is Fc1c([B-](F)(F)F)ccnc1N1CCOCC1. The highest BCUT2D eigenvalue weighted by molar-refractivity contribution is 6.73. The number of aromatic nitrogens is 1. The molecule has 0 aromatic carbocycles. The van der Waals surface area contributed by atoms with Crippen molar-refractivity contribution in [2.45, 2.75) is 0 Å². The maximum atomic E-state index is 13.7. The van der Waals surface area contributed by atoms with Crippen molar-refractivity contribution in [2.75, 3.05) is 31.2 Å². The van der Waals surface area contributed by atoms with Crippen LogP contribution in [0.3, 0.4) is 0 Å². The van der Waals surface area contributed by atoms with Crippen molar-refractivity contribution in [1.82, 2.24) is 4.98 Å². The summed E-state index contributed by atoms with van der Waals surface area (Å²) in [5, 5.41) is 0. The first kappa shape index (κ1) is 12.2. The number of nitrogens with zero attached hydrogens (tertiary/aromatic N) is 2. The van der Waals surface area contributed by atoms with E-state index in [0.29, 0.717) is 32.4 Å². The van der Waals surface area contributed by atoms with Gasteiger partial charge in [-0.3, -0.25) is 0 Å². The molecule has 0 amide bonds. The lowest BCUT2D eigenvalue weighted by atomic mass is 9.80. The minimum Gasteiger partial charge on any atom is -0.445 e. The number of hydrogen-bond donors (Lipinski definition) is 0. The fourth-order valence-electron chi connectivity index (χ4n) is 1.70. The largest absolute Gasteiger partial charge is 0.512 e. The molecule has 1 saturated heterocycles. The summed E-state index contributed by atoms with van der Waals surface area (Å²) in [6, 6.07) is 0.666. The van der Waals surface area contributed by atoms with Crippen LogP contribution in [0.5, 0.6) is 0 Å². The van der Waals surface area contributed by atoms with E-state index in [1.54, 1.807) is 0 Å². The molecule has 17 heavy (non-hydrogen) atoms. The van der Waals surface area contributed by atoms with Gasteiger partial charge in [-0.25, -0.2) is 9.37 Å². The van der Waals surface area contributed by atoms with Crippen LogP contribution in [-0.4, -0.2) is 38.3 Å². The van der Waals surface area contributed by atoms with E-state index < -0.39 is 18.3 Å². The molecule has 8 heteroatoms. The van der Waals surface area contributed by atoms with E-state index in [4.69, 9.17) is 4.74 Å². The summed E-state index contributed by atoms with van der Waals surface area (Å²) in [6.45, 7) is -3.93. The Morgan fingerprint density at radius 3 is 2.47 bits per heavy atom. The number of rotatable bonds is 2. The van der Waals surface area contributed by atoms with Crippen molar-refractivity contribution >= 4 is 18.3 Å². The molecule has 0 unspecified atom stereocenters. The first-order valence-corrected chi connectivity index (χ1v) is 5.17. The second-order valence-corrected chi connectivity index (χ2v) is 3.71. The minimum absolute atomic E-state index is 0.245. The van der Waals surface area contributed by atoms with Gasteiger partial charge in [0, 0.05) is 19.3 Å². The van der Waals surface area contributed by atoms with Gasteiger partial charge in [0.2, 0.25) is 0 Å². The van der Waals surface area contributed by atoms with Gasteiger partial charge >= 0.3 is 6.98 Å². The molecule has 1 aromatic rings. The second kappa shape index (κ2) is 4.52. The van der Waals surface area contributed by atoms with Crippen LogP contribution in [0.4, 0.5) is 23.2 Å². The Kier molecular flexibility index (Phi) is 3.23. The number of ether oxygens (including phenoxy) is 1. The minimum atomic E-state index is -5.35. The molecule has 0 N–H and O–H groups in total. The highest BCUT2D eigenvalue weighted by atomic mass is 19.4. The van der Waals surface area contributed by atoms with Crippen LogP contribution in [0.1, 0.15) is 0 Å². The first-order chi connectivity index (χ1) is 8.00. The summed E-state index contributed by atoms with van der Waals surface area (Å²) in [6.07, 6.45) is 0.985. The van der Waals surface area contributed by atoms with Crippen LogP contribution >= 0.6 is 0 Å². The average molecular weight is 249 g/mol. The molecule has 0 saturated carbocycles. The molecule has 1 aliphatic heterocycles. The van der Waals surface area contributed by atoms with E-state index in [0.717, 1.165) is 6.20 Å². The summed E-state index contributed by atoms with van der Waals surface area (Å²) >= 11 is 0. The standard InChI is InChI=1S/C9H10BF4N2O/c11-8-7(10(12,13)14)1-2-15-9(8)16-3-5-17-6-4-16/h1-2H,3-6H2/q-1. The fourth-order valence-corrected chi connectivity index (χ4v) is 1.70. The predicted molar refractivity (Wildman–Crippen MR) is 55.9 cm³/mol. The Morgan fingerprint density at radius 1 is 1.24 bits per heavy atom. The number of hydrogen-bond acceptors (Lipinski definition) is 3. The predicted octanol–water partition coefficient (Wildman–Crippen LogP) is 1.11. The zero-order chi connectivity index (χ0) is 12.5. The molecule has 1 fully saturated rings. The van der Waals surface area contributed by atoms with Gasteiger partial charge in [0.15, 0.2) is 5.82 Å². The summed E-state index contributed by atoms with van der Waals surface area (Å²) in [4.78, 5) is 5.14. The molecule has 1 aliphatic rings. The smallest absolute Gasteiger partial charge is 0.445 e. The van der Waals surface area contributed by atoms with Crippen LogP contribution in [-0.2, 0) is 4.74 Å². The second-order valence-electron chi connectivity index (χ2n) is 3.71. The molecule has 3 nitrogen and oxygen atoms in total. The molecule has 0 radical (unpaired) electrons. The average Bonchev–Trinajstić information content (AvgIpc) is 2.29. The molecule has 2 heterocycles. The van der Waals surface area contributed by atoms with Crippen molar-refractivity contribution in [3.8, 4) is 0 Å². The zero-order valence-corrected chi connectivity index (χ0v) is 8.88. The van der Waals surface area contributed by atoms with Crippen molar-refractivity contribution in [3.63, 3.8) is 0 Å². The molecule has 0 aliphatic carbocycles. The third-order valence-corrected chi connectivity index (χ3v) is 2.56. The lowest BCUT2D eigenvalue weighted by Gasteiger charge is -2.29. The van der Waals surface area contributed by atoms with E-state index >= 15 is 0 Å². The van der Waals surface area contributed by atoms with E-state index in [2.05, 4.69) is 4.98 Å². The first-order valence-electron chi connectivity index (χ1n) is 5.17. The van der Waals surface area contributed by atoms with Crippen LogP contribution < -0.4 is 10.4 Å². The Morgan fingerprint density at radius 2 is 1.88 bits per heavy atom. The molecule has 94 valence electrons. The molecule has 2 rings (SSSR count). The molecule has 0 atom stereocenters. The fraction of sp³-hybridized carbons (Fsp3) is 0.444. The lowest BCUT2D eigenvalue weighted by molar-refractivity contribution is 0.122. The summed E-state index contributed by atoms with van der Waals surface area (Å²) < 4.78 is 56.4. The Hall–Kier alpha value is -1.31. The van der Waals surface area contributed by atoms with Crippen LogP contribution in [0, 0.1) is 5.82 Å². The molecular formula is C9H10BF4N2O-. The molecule has 1 aromatic heterocycles. The van der Waals surface area contributed by atoms with Gasteiger partial charge < -0.3 is 22.6 Å². The van der Waals surface area contributed by atoms with Gasteiger partial charge in [-0.05, 0) is 0 Å². The maximum Gasteiger partial charge on any atom is 0.512 e. The van der Waals surface area contributed by atoms with E-state index in [9.17, 15) is 17.3 Å². The number of pyridine rings is 1. The van der Waals surface area contributed by atoms with Gasteiger partial charge in [0.05, 0.1) is 13.2 Å². The lowest BCUT2D eigenvalue weighted by Crippen LogP contribution is -2.42. The van der Waals surface area contributed by atoms with Gasteiger partial charge in [-0.1, -0.05) is 11.5 Å². The molecule has 0 spiro atoms. The summed E-state index contributed by atoms with van der Waals surface area (Å²) in [5.74, 6) is -1.54. The summed E-state index contributed by atoms with van der Waals surface area (Å²) in [5.41, 5.74) is -1.22. The topological polar surface area (TPSA) is 25.4 Å². The zero-order valence-electron chi connectivity index (χ0n) is 8.88. The van der Waals surface area contributed by atoms with Gasteiger partial charge in [-0.15, -0.1) is 0 Å². The molecular weight excluding hydrogens is 239 g/mol. The van der Waals surface area contributed by atoms with Gasteiger partial charge in [0.1, 0.15) is 5.82 Å².